The number of carbonyl (C=O) groups excluding carboxylic acids is 3. The number of aromatic nitrogens is 9. The minimum absolute atomic E-state index is 0.0556. The summed E-state index contributed by atoms with van der Waals surface area (Å²) in [5.41, 5.74) is 13.4. The lowest BCUT2D eigenvalue weighted by Gasteiger charge is -2.45. The van der Waals surface area contributed by atoms with E-state index in [1.807, 2.05) is 79.4 Å². The average Bonchev–Trinajstić information content (AvgIpc) is 0.725. The molecule has 6 N–H and O–H groups in total. The molecule has 3 saturated heterocycles. The topological polar surface area (TPSA) is 363 Å². The second-order valence-corrected chi connectivity index (χ2v) is 37.7. The molecule has 3 aliphatic heterocycles. The highest BCUT2D eigenvalue weighted by Gasteiger charge is 2.42. The lowest BCUT2D eigenvalue weighted by atomic mass is 10.0. The van der Waals surface area contributed by atoms with Crippen LogP contribution in [0.4, 0.5) is 73.6 Å². The zero-order valence-corrected chi connectivity index (χ0v) is 82.9. The maximum atomic E-state index is 15.8. The molecule has 141 heavy (non-hydrogen) atoms. The van der Waals surface area contributed by atoms with Crippen molar-refractivity contribution in [3.8, 4) is 69.0 Å². The van der Waals surface area contributed by atoms with Gasteiger partial charge in [0, 0.05) is 110 Å². The van der Waals surface area contributed by atoms with Gasteiger partial charge in [-0.3, -0.25) is 57.4 Å². The number of aryl methyl sites for hydroxylation is 3. The fourth-order valence-corrected chi connectivity index (χ4v) is 20.3. The van der Waals surface area contributed by atoms with Crippen molar-refractivity contribution in [3.63, 3.8) is 0 Å². The van der Waals surface area contributed by atoms with Crippen LogP contribution in [0.5, 0.6) is 0 Å². The number of nitrogen functional groups attached to an aromatic ring is 3. The molecule has 0 aliphatic carbocycles. The third-order valence-corrected chi connectivity index (χ3v) is 27.0. The molecule has 12 aromatic rings. The van der Waals surface area contributed by atoms with Crippen LogP contribution in [0.2, 0.25) is 30.1 Å². The van der Waals surface area contributed by atoms with Gasteiger partial charge in [0.25, 0.3) is 16.7 Å². The van der Waals surface area contributed by atoms with Crippen molar-refractivity contribution in [1.82, 2.24) is 58.3 Å². The molecule has 15 rings (SSSR count). The van der Waals surface area contributed by atoms with Gasteiger partial charge in [0.05, 0.1) is 132 Å². The first kappa shape index (κ1) is 105. The van der Waals surface area contributed by atoms with E-state index in [4.69, 9.17) is 91.8 Å². The summed E-state index contributed by atoms with van der Waals surface area (Å²) in [5, 5.41) is 30.4. The second kappa shape index (κ2) is 40.8. The smallest absolute Gasteiger partial charge is 0.276 e. The largest absolute Gasteiger partial charge is 0.396 e. The molecule has 12 heterocycles. The number of nitrogens with zero attached hydrogens (tertiary/aromatic N) is 18. The Morgan fingerprint density at radius 1 is 0.383 bits per heavy atom. The van der Waals surface area contributed by atoms with Gasteiger partial charge in [0.15, 0.2) is 52.4 Å². The molecule has 42 heteroatoms. The van der Waals surface area contributed by atoms with Crippen molar-refractivity contribution >= 4 is 155 Å². The van der Waals surface area contributed by atoms with E-state index >= 15 is 13.2 Å². The van der Waals surface area contributed by atoms with Crippen LogP contribution >= 0.6 is 69.6 Å². The second-order valence-electron chi connectivity index (χ2n) is 35.3. The van der Waals surface area contributed by atoms with E-state index in [0.717, 1.165) is 9.13 Å². The van der Waals surface area contributed by atoms with Crippen molar-refractivity contribution in [1.29, 1.82) is 15.8 Å². The molecule has 0 unspecified atom stereocenters. The number of benzene rings is 3. The Hall–Kier alpha value is -13.8. The quantitative estimate of drug-likeness (QED) is 0.0282. The molecule has 6 atom stereocenters. The maximum absolute atomic E-state index is 15.8. The molecule has 0 radical (unpaired) electrons. The number of fused-ring (bicyclic) bond motifs is 3. The molecular weight excluding hydrogens is 1960 g/mol. The van der Waals surface area contributed by atoms with Crippen molar-refractivity contribution in [3.05, 3.63) is 257 Å². The van der Waals surface area contributed by atoms with Crippen LogP contribution in [0.15, 0.2) is 107 Å². The van der Waals surface area contributed by atoms with Crippen LogP contribution in [0.1, 0.15) is 151 Å². The fourth-order valence-electron chi connectivity index (χ4n) is 18.8. The molecule has 732 valence electrons. The van der Waals surface area contributed by atoms with Gasteiger partial charge in [-0.15, -0.1) is 0 Å². The predicted molar refractivity (Wildman–Crippen MR) is 530 cm³/mol. The van der Waals surface area contributed by atoms with Gasteiger partial charge in [-0.1, -0.05) is 131 Å². The van der Waals surface area contributed by atoms with E-state index in [-0.39, 0.29) is 226 Å². The Bertz CT molecular complexity index is 6860. The average molecular weight is 2050 g/mol. The number of carbonyl (C=O) groups is 3. The zero-order valence-electron chi connectivity index (χ0n) is 78.4. The minimum atomic E-state index is -2.12. The molecule has 27 nitrogen and oxygen atoms in total. The molecule has 3 fully saturated rings. The Morgan fingerprint density at radius 3 is 0.872 bits per heavy atom. The normalized spacial score (nSPS) is 16.6. The summed E-state index contributed by atoms with van der Waals surface area (Å²) in [6.07, 6.45) is 8.43. The van der Waals surface area contributed by atoms with Gasteiger partial charge in [0.2, 0.25) is 17.7 Å². The summed E-state index contributed by atoms with van der Waals surface area (Å²) in [4.78, 5) is 119. The molecule has 3 aliphatic rings. The number of pyridine rings is 9. The lowest BCUT2D eigenvalue weighted by Crippen LogP contribution is -2.58. The molecule has 0 bridgehead atoms. The summed E-state index contributed by atoms with van der Waals surface area (Å²) in [5.74, 6) is -18.2. The Morgan fingerprint density at radius 2 is 0.631 bits per heavy atom. The van der Waals surface area contributed by atoms with Crippen LogP contribution in [0, 0.1) is 107 Å². The first-order valence-corrected chi connectivity index (χ1v) is 46.1. The highest BCUT2D eigenvalue weighted by molar-refractivity contribution is 6.47. The van der Waals surface area contributed by atoms with E-state index in [9.17, 15) is 70.9 Å². The third kappa shape index (κ3) is 18.1. The van der Waals surface area contributed by atoms with Crippen molar-refractivity contribution in [2.45, 2.75) is 158 Å². The molecule has 3 aromatic carbocycles. The number of amides is 3. The maximum Gasteiger partial charge on any atom is 0.276 e. The van der Waals surface area contributed by atoms with Crippen molar-refractivity contribution in [2.75, 3.05) is 71.2 Å². The summed E-state index contributed by atoms with van der Waals surface area (Å²) >= 11 is 39.0. The monoisotopic (exact) mass is 2050 g/mol. The van der Waals surface area contributed by atoms with E-state index in [2.05, 4.69) is 50.7 Å². The Balaban J connectivity index is 0.000000178. The Kier molecular flexibility index (Phi) is 30.3. The molecule has 9 aromatic heterocycles. The molecule has 0 saturated carbocycles. The number of hydrogen-bond donors (Lipinski definition) is 3. The van der Waals surface area contributed by atoms with Crippen LogP contribution < -0.4 is 48.6 Å². The first-order chi connectivity index (χ1) is 66.5. The first-order valence-electron chi connectivity index (χ1n) is 43.9. The van der Waals surface area contributed by atoms with Crippen LogP contribution in [0.3, 0.4) is 0 Å². The highest BCUT2D eigenvalue weighted by atomic mass is 35.5. The Labute approximate surface area is 832 Å². The number of halogens is 15. The van der Waals surface area contributed by atoms with E-state index in [0.29, 0.717) is 44.8 Å². The zero-order chi connectivity index (χ0) is 104. The summed E-state index contributed by atoms with van der Waals surface area (Å²) in [7, 11) is 0. The van der Waals surface area contributed by atoms with Gasteiger partial charge >= 0.3 is 0 Å². The van der Waals surface area contributed by atoms with Crippen molar-refractivity contribution < 1.29 is 53.9 Å². The minimum Gasteiger partial charge on any atom is -0.396 e. The van der Waals surface area contributed by atoms with Crippen molar-refractivity contribution in [2.24, 2.45) is 0 Å². The number of nitriles is 3. The van der Waals surface area contributed by atoms with E-state index in [1.165, 1.54) is 41.0 Å². The van der Waals surface area contributed by atoms with Gasteiger partial charge in [-0.2, -0.15) is 15.8 Å². The van der Waals surface area contributed by atoms with Crippen LogP contribution in [0.25, 0.3) is 83.9 Å². The van der Waals surface area contributed by atoms with Gasteiger partial charge in [-0.25, -0.2) is 54.5 Å². The summed E-state index contributed by atoms with van der Waals surface area (Å²) in [6.45, 7) is 39.6. The number of piperazine rings is 3. The summed E-state index contributed by atoms with van der Waals surface area (Å²) < 4.78 is 136. The molecular formula is C99H90Cl6F9N21O6. The lowest BCUT2D eigenvalue weighted by molar-refractivity contribution is -0.131. The fraction of sp³-hybridized carbons (Fsp3) is 0.303. The van der Waals surface area contributed by atoms with Gasteiger partial charge < -0.3 is 46.6 Å². The predicted octanol–water partition coefficient (Wildman–Crippen LogP) is 20.0. The number of anilines is 6. The number of nitrogens with two attached hydrogens (primary N) is 3. The third-order valence-electron chi connectivity index (χ3n) is 24.9. The molecule has 0 spiro atoms. The van der Waals surface area contributed by atoms with Crippen LogP contribution in [-0.2, 0) is 14.4 Å². The highest BCUT2D eigenvalue weighted by Crippen LogP contribution is 2.50. The molecule has 3 amide bonds. The SMILES string of the molecule is C=CC(=O)N1[C@H](C)CN(c2c(C#N)c(=O)n(-c3c(C)ccnc3C(C)C)c3nc(-c4c(F)c(Cl)c(Cl)c(N)c4Cl)c(Cl)cc23)C[C@@H]1C.C=CC(=O)N1[C@H](C)CN(c2c(C#N)c(=O)n(-c3c(C)ccnc3C(C)C)c3nc(-c4c(N)c(F)c(F)c(F)c4F)c(Cl)cc23)C[C@@H]1C.C=CC(=O)N1[C@H](C)CN(c2c(C#N)c(=O)n(-c3c(C)ccnc3C(C)C)c3nc(-c4c(N)c(F)c(F)c(F)c4F)c(Cl)cc23)C[C@@H]1C. The van der Waals surface area contributed by atoms with E-state index in [1.54, 1.807) is 103 Å². The van der Waals surface area contributed by atoms with Gasteiger partial charge in [-0.05, 0) is 151 Å². The van der Waals surface area contributed by atoms with E-state index < -0.39 is 108 Å². The number of hydrogen-bond acceptors (Lipinski definition) is 21. The summed E-state index contributed by atoms with van der Waals surface area (Å²) in [6, 6.07) is 13.2. The van der Waals surface area contributed by atoms with Gasteiger partial charge in [0.1, 0.15) is 51.8 Å². The standard InChI is InChI=1S/C33H30Cl4FN7O2.2C33H30ClF4N7O2/c1-7-21(46)44-16(5)12-43(13-17(44)6)31-18-10-20(34)29(22-23(35)27(40)25(37)24(36)26(22)38)42-32(18)45(33(47)19(31)11-39)30-15(4)8-9-41-28(30)14(2)3;2*1-7-21(46)44-16(5)12-43(13-17(44)6)31-18-10-20(34)29(22-23(35)24(36)25(37)26(38)27(22)40)42-32(18)45(33(47)19(31)11-39)30-15(4)8-9-41-28(30)14(2)3/h3*7-10,14,16-17H,1,12-13,40H2,2-6H3/t3*16-,17+. The number of rotatable bonds is 15. The van der Waals surface area contributed by atoms with Crippen LogP contribution in [-0.4, -0.2) is 152 Å².